The van der Waals surface area contributed by atoms with E-state index in [9.17, 15) is 9.59 Å². The molecule has 0 spiro atoms. The monoisotopic (exact) mass is 1770 g/mol. The van der Waals surface area contributed by atoms with Crippen molar-refractivity contribution >= 4 is 205 Å². The predicted octanol–water partition coefficient (Wildman–Crippen LogP) is 11.4. The van der Waals surface area contributed by atoms with Crippen molar-refractivity contribution in [1.29, 1.82) is 0 Å². The summed E-state index contributed by atoms with van der Waals surface area (Å²) in [7, 11) is 6.73. The maximum Gasteiger partial charge on any atom is 2.00 e. The maximum atomic E-state index is 11.3. The van der Waals surface area contributed by atoms with E-state index >= 15 is 0 Å². The molecule has 0 saturated heterocycles. The molecule has 106 heavy (non-hydrogen) atoms. The minimum atomic E-state index is -0.149. The SMILES string of the molecule is CCC([S-])=NN=C(C(=NN=C([S-])NC)c1ccc(C=O)cc1)c1ccccc1.CCC([S-])=NN=C(C(=NN=C([S-])NC)c1ccc(NC(C)=O)cc1)c1ccccc1.CCC([S-])=NN=C(C)C(=NN=C([S-])NC)c1ccc(C)cc1.CCC([S-])=NN=C(C)C(=NN=C([S-])NC)c1ccc(C)cc1.[Cu+2].[Cu+2].[Cu+2].[Cu+2]. The van der Waals surface area contributed by atoms with Crippen LogP contribution >= 0.6 is 0 Å². The van der Waals surface area contributed by atoms with Gasteiger partial charge in [0.05, 0.1) is 11.4 Å². The van der Waals surface area contributed by atoms with Gasteiger partial charge < -0.3 is 128 Å². The van der Waals surface area contributed by atoms with E-state index in [1.54, 1.807) is 64.6 Å². The van der Waals surface area contributed by atoms with Gasteiger partial charge in [-0.15, -0.1) is 30.6 Å². The van der Waals surface area contributed by atoms with Crippen molar-refractivity contribution in [2.75, 3.05) is 33.5 Å². The van der Waals surface area contributed by atoms with Gasteiger partial charge in [0.2, 0.25) is 5.91 Å². The van der Waals surface area contributed by atoms with Crippen LogP contribution in [0.2, 0.25) is 0 Å². The molecule has 0 aromatic heterocycles. The first kappa shape index (κ1) is 100. The Morgan fingerprint density at radius 1 is 0.321 bits per heavy atom. The molecule has 35 heteroatoms. The summed E-state index contributed by atoms with van der Waals surface area (Å²) in [5, 5.41) is 83.3. The Balaban J connectivity index is 0. The molecule has 0 aliphatic rings. The third-order valence-electron chi connectivity index (χ3n) is 12.9. The standard InChI is InChI=1S/C21H24N6OS2.C20H21N5OS2.2C15H21N5S2.4Cu/c1-4-18(29)24-25-19(15-8-6-5-7-9-15)20(26-27-21(30)22-3)16-10-12-17(13-11-16)23-14(2)28;1-3-17(27)22-23-18(15-7-5-4-6-8-15)19(24-25-20(28)21-2)16-11-9-14(13-26)10-12-16;2*1-5-13(21)18-17-11(3)14(19-20-15(22)16-4)12-8-6-10(2)7-9-12;;;;/h5-13H,4H2,1-3H3,(H,23,28)(H,24,29)(H2,22,27,30);4-13H,3H2,1-2H3,(H,22,27)(H2,21,25,28);2*6-9H,5H2,1-4H3,(H,18,21)(H2,16,20,22);;;;/q;;;;4*+2/p-8. The quantitative estimate of drug-likeness (QED) is 0.00941. The Morgan fingerprint density at radius 2 is 0.557 bits per heavy atom. The molecule has 572 valence electrons. The largest absolute Gasteiger partial charge is 2.00 e. The zero-order chi connectivity index (χ0) is 75.4. The maximum absolute atomic E-state index is 11.3. The van der Waals surface area contributed by atoms with E-state index in [2.05, 4.69) is 108 Å². The van der Waals surface area contributed by atoms with Gasteiger partial charge in [-0.25, -0.2) is 0 Å². The van der Waals surface area contributed by atoms with E-state index in [4.69, 9.17) is 101 Å². The average molecular weight is 1770 g/mol. The first-order valence-electron chi connectivity index (χ1n) is 31.4. The van der Waals surface area contributed by atoms with Gasteiger partial charge in [0.25, 0.3) is 0 Å². The number of carbonyl (C=O) groups is 2. The molecule has 5 N–H and O–H groups in total. The molecule has 0 aliphatic carbocycles. The van der Waals surface area contributed by atoms with E-state index in [1.807, 2.05) is 177 Å². The summed E-state index contributed by atoms with van der Waals surface area (Å²) in [5.41, 5.74) is 12.8. The number of benzene rings is 6. The summed E-state index contributed by atoms with van der Waals surface area (Å²) in [4.78, 5) is 22.3. The fourth-order valence-electron chi connectivity index (χ4n) is 7.33. The number of carbonyl (C=O) groups excluding carboxylic acids is 2. The van der Waals surface area contributed by atoms with Crippen molar-refractivity contribution in [2.45, 2.75) is 88.0 Å². The van der Waals surface area contributed by atoms with Gasteiger partial charge in [0, 0.05) is 79.7 Å². The molecule has 1 amide bonds. The van der Waals surface area contributed by atoms with Crippen LogP contribution in [0.3, 0.4) is 0 Å². The number of aryl methyl sites for hydroxylation is 2. The van der Waals surface area contributed by atoms with Crippen LogP contribution in [0.25, 0.3) is 0 Å². The van der Waals surface area contributed by atoms with Gasteiger partial charge in [-0.2, -0.15) is 51.0 Å². The van der Waals surface area contributed by atoms with Crippen LogP contribution in [0.5, 0.6) is 0 Å². The molecular weight excluding hydrogens is 1690 g/mol. The van der Waals surface area contributed by atoms with Crippen molar-refractivity contribution < 1.29 is 77.9 Å². The number of nitrogens with zero attached hydrogens (tertiary/aromatic N) is 16. The van der Waals surface area contributed by atoms with Crippen LogP contribution in [0, 0.1) is 13.8 Å². The van der Waals surface area contributed by atoms with Crippen LogP contribution in [0.15, 0.2) is 239 Å². The number of nitrogens with one attached hydrogen (secondary N) is 5. The van der Waals surface area contributed by atoms with Crippen LogP contribution in [-0.4, -0.2) is 127 Å². The molecule has 23 nitrogen and oxygen atoms in total. The number of hydrogen-bond donors (Lipinski definition) is 5. The van der Waals surface area contributed by atoms with Gasteiger partial charge in [0.1, 0.15) is 40.6 Å². The van der Waals surface area contributed by atoms with Crippen molar-refractivity contribution in [2.24, 2.45) is 81.6 Å². The second kappa shape index (κ2) is 57.4. The minimum Gasteiger partial charge on any atom is -0.763 e. The van der Waals surface area contributed by atoms with Crippen molar-refractivity contribution in [3.8, 4) is 0 Å². The Hall–Kier alpha value is -7.78. The van der Waals surface area contributed by atoms with E-state index in [-0.39, 0.29) is 84.5 Å². The van der Waals surface area contributed by atoms with E-state index in [1.165, 1.54) is 6.92 Å². The van der Waals surface area contributed by atoms with Crippen LogP contribution < -0.4 is 26.6 Å². The molecule has 0 bridgehead atoms. The first-order chi connectivity index (χ1) is 49.0. The molecule has 0 heterocycles. The Kier molecular flexibility index (Phi) is 54.3. The van der Waals surface area contributed by atoms with Crippen LogP contribution in [0.1, 0.15) is 129 Å². The van der Waals surface area contributed by atoms with Crippen molar-refractivity contribution in [3.05, 3.63) is 208 Å². The van der Waals surface area contributed by atoms with Gasteiger partial charge in [-0.1, -0.05) is 205 Å². The molecule has 0 saturated carbocycles. The van der Waals surface area contributed by atoms with Crippen molar-refractivity contribution in [1.82, 2.24) is 21.3 Å². The molecule has 0 unspecified atom stereocenters. The first-order valence-corrected chi connectivity index (χ1v) is 34.7. The smallest absolute Gasteiger partial charge is 0.763 e. The summed E-state index contributed by atoms with van der Waals surface area (Å²) >= 11 is 40.6. The Labute approximate surface area is 708 Å². The van der Waals surface area contributed by atoms with Crippen molar-refractivity contribution in [3.63, 3.8) is 0 Å². The van der Waals surface area contributed by atoms with Gasteiger partial charge in [-0.05, 0) is 86.2 Å². The van der Waals surface area contributed by atoms with Crippen LogP contribution in [-0.2, 0) is 174 Å². The third kappa shape index (κ3) is 38.7. The molecule has 0 fully saturated rings. The number of anilines is 1. The molecule has 6 rings (SSSR count). The molecule has 0 aliphatic heterocycles. The Morgan fingerprint density at radius 3 is 0.821 bits per heavy atom. The predicted molar refractivity (Wildman–Crippen MR) is 449 cm³/mol. The molecule has 6 aromatic carbocycles. The van der Waals surface area contributed by atoms with E-state index in [0.717, 1.165) is 45.2 Å². The topological polar surface area (TPSA) is 292 Å². The fraction of sp³-hybridized carbons (Fsp3) is 0.239. The van der Waals surface area contributed by atoms with E-state index in [0.29, 0.717) is 119 Å². The molecular formula is C71H79Cu4N21O2S8. The normalized spacial score (nSPS) is 13.1. The summed E-state index contributed by atoms with van der Waals surface area (Å²) in [6, 6.07) is 49.0. The minimum absolute atomic E-state index is 0. The average Bonchev–Trinajstić information content (AvgIpc) is 0.853. The second-order valence-corrected chi connectivity index (χ2v) is 24.0. The summed E-state index contributed by atoms with van der Waals surface area (Å²) in [6.07, 6.45) is 3.35. The molecule has 6 aromatic rings. The van der Waals surface area contributed by atoms with Gasteiger partial charge >= 0.3 is 68.3 Å². The molecule has 0 atom stereocenters. The summed E-state index contributed by atoms with van der Waals surface area (Å²) < 4.78 is 0. The number of hydrogen-bond acceptors (Lipinski definition) is 26. The number of amidine groups is 4. The number of aldehydes is 1. The third-order valence-corrected chi connectivity index (χ3v) is 15.5. The van der Waals surface area contributed by atoms with Gasteiger partial charge in [0.15, 0.2) is 0 Å². The fourth-order valence-corrected chi connectivity index (χ4v) is 7.65. The van der Waals surface area contributed by atoms with Gasteiger partial charge in [-0.3, -0.25) is 9.59 Å². The Bertz CT molecular complexity index is 4120. The second-order valence-electron chi connectivity index (χ2n) is 20.5. The summed E-state index contributed by atoms with van der Waals surface area (Å²) in [5.74, 6) is -0.149. The number of rotatable bonds is 24. The zero-order valence-corrected chi connectivity index (χ0v) is 70.2. The zero-order valence-electron chi connectivity index (χ0n) is 59.9. The van der Waals surface area contributed by atoms with E-state index < -0.39 is 0 Å². The summed E-state index contributed by atoms with van der Waals surface area (Å²) in [6.45, 7) is 16.8. The van der Waals surface area contributed by atoms with Crippen LogP contribution in [0.4, 0.5) is 5.69 Å². The molecule has 4 radical (unpaired) electrons. The number of amides is 1.